The van der Waals surface area contributed by atoms with Crippen molar-refractivity contribution in [3.8, 4) is 22.9 Å². The summed E-state index contributed by atoms with van der Waals surface area (Å²) < 4.78 is 7.20. The van der Waals surface area contributed by atoms with Crippen molar-refractivity contribution in [2.45, 2.75) is 6.54 Å². The molecular formula is C20H17ClN4O3. The van der Waals surface area contributed by atoms with Crippen LogP contribution in [-0.2, 0) is 11.3 Å². The number of aromatic amines is 1. The lowest BCUT2D eigenvalue weighted by molar-refractivity contribution is 0.0697. The Kier molecular flexibility index (Phi) is 4.85. The van der Waals surface area contributed by atoms with Crippen LogP contribution in [0.3, 0.4) is 0 Å². The molecule has 0 aliphatic heterocycles. The first-order valence-corrected chi connectivity index (χ1v) is 8.99. The van der Waals surface area contributed by atoms with E-state index in [1.54, 1.807) is 43.6 Å². The van der Waals surface area contributed by atoms with Gasteiger partial charge in [-0.25, -0.2) is 14.8 Å². The molecule has 2 N–H and O–H groups in total. The van der Waals surface area contributed by atoms with Gasteiger partial charge in [0.15, 0.2) is 5.82 Å². The summed E-state index contributed by atoms with van der Waals surface area (Å²) in [7, 11) is 1.63. The quantitative estimate of drug-likeness (QED) is 0.512. The van der Waals surface area contributed by atoms with Crippen LogP contribution in [-0.4, -0.2) is 44.3 Å². The summed E-state index contributed by atoms with van der Waals surface area (Å²) in [6, 6.07) is 12.3. The van der Waals surface area contributed by atoms with Gasteiger partial charge in [0.05, 0.1) is 23.2 Å². The predicted molar refractivity (Wildman–Crippen MR) is 107 cm³/mol. The maximum Gasteiger partial charge on any atom is 0.335 e. The Hall–Kier alpha value is -3.16. The van der Waals surface area contributed by atoms with Gasteiger partial charge in [0.2, 0.25) is 0 Å². The largest absolute Gasteiger partial charge is 0.478 e. The SMILES string of the molecule is COCCn1c(-c2c[nH]c(-c3ccc(Cl)cc3)n2)nc2cc(C(=O)O)ccc21. The molecule has 0 spiro atoms. The first-order chi connectivity index (χ1) is 13.6. The van der Waals surface area contributed by atoms with Crippen molar-refractivity contribution in [1.29, 1.82) is 0 Å². The van der Waals surface area contributed by atoms with Gasteiger partial charge in [-0.15, -0.1) is 0 Å². The van der Waals surface area contributed by atoms with Gasteiger partial charge in [0.1, 0.15) is 11.5 Å². The Balaban J connectivity index is 1.80. The number of halogens is 1. The first-order valence-electron chi connectivity index (χ1n) is 8.61. The number of carbonyl (C=O) groups is 1. The second-order valence-corrected chi connectivity index (χ2v) is 6.67. The van der Waals surface area contributed by atoms with E-state index in [9.17, 15) is 9.90 Å². The third kappa shape index (κ3) is 3.37. The minimum absolute atomic E-state index is 0.194. The first kappa shape index (κ1) is 18.2. The summed E-state index contributed by atoms with van der Waals surface area (Å²) in [5.41, 5.74) is 3.19. The third-order valence-corrected chi connectivity index (χ3v) is 4.69. The van der Waals surface area contributed by atoms with Gasteiger partial charge in [-0.2, -0.15) is 0 Å². The minimum Gasteiger partial charge on any atom is -0.478 e. The number of imidazole rings is 2. The number of hydrogen-bond acceptors (Lipinski definition) is 4. The Labute approximate surface area is 165 Å². The Bertz CT molecular complexity index is 1150. The number of carboxylic acid groups (broad SMARTS) is 1. The van der Waals surface area contributed by atoms with Crippen molar-refractivity contribution in [2.75, 3.05) is 13.7 Å². The molecule has 7 nitrogen and oxygen atoms in total. The zero-order valence-corrected chi connectivity index (χ0v) is 15.8. The fraction of sp³-hybridized carbons (Fsp3) is 0.150. The Morgan fingerprint density at radius 2 is 2.00 bits per heavy atom. The highest BCUT2D eigenvalue weighted by Gasteiger charge is 2.17. The number of methoxy groups -OCH3 is 1. The molecule has 0 aliphatic rings. The summed E-state index contributed by atoms with van der Waals surface area (Å²) in [6.45, 7) is 1.06. The molecule has 2 aromatic carbocycles. The fourth-order valence-corrected chi connectivity index (χ4v) is 3.19. The Morgan fingerprint density at radius 1 is 1.21 bits per heavy atom. The lowest BCUT2D eigenvalue weighted by atomic mass is 10.2. The van der Waals surface area contributed by atoms with E-state index in [0.29, 0.717) is 41.0 Å². The number of rotatable bonds is 6. The van der Waals surface area contributed by atoms with E-state index >= 15 is 0 Å². The van der Waals surface area contributed by atoms with E-state index < -0.39 is 5.97 Å². The van der Waals surface area contributed by atoms with Gasteiger partial charge in [-0.05, 0) is 42.5 Å². The van der Waals surface area contributed by atoms with Gasteiger partial charge >= 0.3 is 5.97 Å². The number of aromatic nitrogens is 4. The number of carboxylic acids is 1. The van der Waals surface area contributed by atoms with Gasteiger partial charge in [0, 0.05) is 30.4 Å². The van der Waals surface area contributed by atoms with E-state index in [2.05, 4.69) is 15.0 Å². The van der Waals surface area contributed by atoms with E-state index in [-0.39, 0.29) is 5.56 Å². The fourth-order valence-electron chi connectivity index (χ4n) is 3.06. The topological polar surface area (TPSA) is 93.0 Å². The minimum atomic E-state index is -0.986. The molecule has 0 saturated heterocycles. The summed E-state index contributed by atoms with van der Waals surface area (Å²) in [4.78, 5) is 23.7. The number of aromatic carboxylic acids is 1. The van der Waals surface area contributed by atoms with Crippen molar-refractivity contribution in [3.63, 3.8) is 0 Å². The summed E-state index contributed by atoms with van der Waals surface area (Å²) in [5.74, 6) is 0.356. The van der Waals surface area contributed by atoms with Crippen LogP contribution >= 0.6 is 11.6 Å². The molecule has 0 atom stereocenters. The van der Waals surface area contributed by atoms with Crippen LogP contribution in [0.15, 0.2) is 48.7 Å². The molecule has 0 radical (unpaired) electrons. The van der Waals surface area contributed by atoms with Crippen LogP contribution in [0.25, 0.3) is 33.9 Å². The van der Waals surface area contributed by atoms with E-state index in [1.807, 2.05) is 16.7 Å². The number of ether oxygens (including phenoxy) is 1. The molecule has 0 unspecified atom stereocenters. The Morgan fingerprint density at radius 3 is 2.71 bits per heavy atom. The number of fused-ring (bicyclic) bond motifs is 1. The highest BCUT2D eigenvalue weighted by atomic mass is 35.5. The van der Waals surface area contributed by atoms with E-state index in [4.69, 9.17) is 16.3 Å². The van der Waals surface area contributed by atoms with Crippen molar-refractivity contribution in [2.24, 2.45) is 0 Å². The molecule has 8 heteroatoms. The molecule has 4 rings (SSSR count). The lowest BCUT2D eigenvalue weighted by Crippen LogP contribution is -2.06. The highest BCUT2D eigenvalue weighted by Crippen LogP contribution is 2.27. The van der Waals surface area contributed by atoms with Crippen LogP contribution < -0.4 is 0 Å². The van der Waals surface area contributed by atoms with Crippen LogP contribution in [0.5, 0.6) is 0 Å². The molecular weight excluding hydrogens is 380 g/mol. The van der Waals surface area contributed by atoms with Gasteiger partial charge in [0.25, 0.3) is 0 Å². The molecule has 0 aliphatic carbocycles. The van der Waals surface area contributed by atoms with E-state index in [0.717, 1.165) is 11.1 Å². The van der Waals surface area contributed by atoms with Crippen LogP contribution in [0.1, 0.15) is 10.4 Å². The highest BCUT2D eigenvalue weighted by molar-refractivity contribution is 6.30. The van der Waals surface area contributed by atoms with Gasteiger partial charge in [-0.3, -0.25) is 0 Å². The van der Waals surface area contributed by atoms with Crippen molar-refractivity contribution in [3.05, 3.63) is 59.2 Å². The monoisotopic (exact) mass is 396 g/mol. The third-order valence-electron chi connectivity index (χ3n) is 4.44. The number of nitrogens with zero attached hydrogens (tertiary/aromatic N) is 3. The number of nitrogens with one attached hydrogen (secondary N) is 1. The zero-order valence-electron chi connectivity index (χ0n) is 15.0. The molecule has 28 heavy (non-hydrogen) atoms. The number of H-pyrrole nitrogens is 1. The van der Waals surface area contributed by atoms with Crippen molar-refractivity contribution in [1.82, 2.24) is 19.5 Å². The predicted octanol–water partition coefficient (Wildman–Crippen LogP) is 4.09. The zero-order chi connectivity index (χ0) is 19.7. The molecule has 142 valence electrons. The number of benzene rings is 2. The molecule has 0 fully saturated rings. The molecule has 0 bridgehead atoms. The van der Waals surface area contributed by atoms with Crippen LogP contribution in [0.2, 0.25) is 5.02 Å². The van der Waals surface area contributed by atoms with Crippen LogP contribution in [0, 0.1) is 0 Å². The summed E-state index contributed by atoms with van der Waals surface area (Å²) >= 11 is 5.95. The number of hydrogen-bond donors (Lipinski definition) is 2. The van der Waals surface area contributed by atoms with E-state index in [1.165, 1.54) is 0 Å². The average Bonchev–Trinajstić information content (AvgIpc) is 3.31. The molecule has 2 heterocycles. The molecule has 2 aromatic heterocycles. The van der Waals surface area contributed by atoms with Gasteiger partial charge in [-0.1, -0.05) is 11.6 Å². The normalized spacial score (nSPS) is 11.2. The molecule has 0 amide bonds. The summed E-state index contributed by atoms with van der Waals surface area (Å²) in [6.07, 6.45) is 1.78. The standard InChI is InChI=1S/C20H17ClN4O3/c1-28-9-8-25-17-7-4-13(20(26)27)10-15(17)24-19(25)16-11-22-18(23-16)12-2-5-14(21)6-3-12/h2-7,10-11H,8-9H2,1H3,(H,22,23)(H,26,27). The van der Waals surface area contributed by atoms with Crippen LogP contribution in [0.4, 0.5) is 0 Å². The smallest absolute Gasteiger partial charge is 0.335 e. The second-order valence-electron chi connectivity index (χ2n) is 6.23. The van der Waals surface area contributed by atoms with Crippen molar-refractivity contribution >= 4 is 28.6 Å². The van der Waals surface area contributed by atoms with Gasteiger partial charge < -0.3 is 19.4 Å². The maximum absolute atomic E-state index is 11.3. The maximum atomic E-state index is 11.3. The molecule has 0 saturated carbocycles. The average molecular weight is 397 g/mol. The molecule has 4 aromatic rings. The van der Waals surface area contributed by atoms with Crippen molar-refractivity contribution < 1.29 is 14.6 Å². The second kappa shape index (κ2) is 7.46. The lowest BCUT2D eigenvalue weighted by Gasteiger charge is -2.07. The summed E-state index contributed by atoms with van der Waals surface area (Å²) in [5, 5.41) is 9.90.